The molecule has 0 aromatic heterocycles. The number of carbonyl (C=O) groups is 2. The third-order valence-corrected chi connectivity index (χ3v) is 8.65. The van der Waals surface area contributed by atoms with Crippen LogP contribution < -0.4 is 11.5 Å². The Morgan fingerprint density at radius 3 is 1.56 bits per heavy atom. The number of hydrogen-bond donors (Lipinski definition) is 2. The molecule has 2 amide bonds. The molecule has 0 saturated carbocycles. The molecule has 2 aliphatic heterocycles. The Morgan fingerprint density at radius 1 is 0.812 bits per heavy atom. The smallest absolute Gasteiger partial charge is 0.256 e. The van der Waals surface area contributed by atoms with E-state index >= 15 is 0 Å². The maximum Gasteiger partial charge on any atom is 0.256 e. The van der Waals surface area contributed by atoms with Crippen molar-refractivity contribution in [2.45, 2.75) is 51.4 Å². The van der Waals surface area contributed by atoms with E-state index in [0.29, 0.717) is 22.0 Å². The van der Waals surface area contributed by atoms with Crippen molar-refractivity contribution in [1.82, 2.24) is 4.90 Å². The monoisotopic (exact) mass is 785 g/mol. The highest BCUT2D eigenvalue weighted by atomic mass is 127. The van der Waals surface area contributed by atoms with Crippen molar-refractivity contribution < 1.29 is 28.5 Å². The summed E-state index contributed by atoms with van der Waals surface area (Å²) in [5.74, 6) is -2.41. The molecule has 9 nitrogen and oxygen atoms in total. The first-order chi connectivity index (χ1) is 14.8. The van der Waals surface area contributed by atoms with E-state index in [2.05, 4.69) is 0 Å². The van der Waals surface area contributed by atoms with E-state index in [1.165, 1.54) is 0 Å². The molecule has 32 heavy (non-hydrogen) atoms. The van der Waals surface area contributed by atoms with E-state index < -0.39 is 17.5 Å². The van der Waals surface area contributed by atoms with Crippen LogP contribution >= 0.6 is 67.8 Å². The number of nitrogens with two attached hydrogens (primary N) is 2. The Morgan fingerprint density at radius 2 is 1.19 bits per heavy atom. The third kappa shape index (κ3) is 5.45. The highest BCUT2D eigenvalue weighted by Gasteiger charge is 2.42. The van der Waals surface area contributed by atoms with Crippen LogP contribution in [0.2, 0.25) is 0 Å². The lowest BCUT2D eigenvalue weighted by atomic mass is 10.0. The topological polar surface area (TPSA) is 126 Å². The van der Waals surface area contributed by atoms with Gasteiger partial charge in [0, 0.05) is 3.57 Å². The summed E-state index contributed by atoms with van der Waals surface area (Å²) in [6.45, 7) is 8.46. The lowest BCUT2D eigenvalue weighted by Crippen LogP contribution is -2.60. The largest absolute Gasteiger partial charge is 0.397 e. The van der Waals surface area contributed by atoms with Crippen LogP contribution in [0.4, 0.5) is 5.69 Å². The van der Waals surface area contributed by atoms with Crippen molar-refractivity contribution in [2.75, 3.05) is 32.2 Å². The van der Waals surface area contributed by atoms with E-state index in [0.717, 1.165) is 0 Å². The first kappa shape index (κ1) is 26.6. The number of rotatable bonds is 4. The normalized spacial score (nSPS) is 21.3. The second kappa shape index (κ2) is 9.93. The third-order valence-electron chi connectivity index (χ3n) is 5.33. The van der Waals surface area contributed by atoms with Gasteiger partial charge in [0.15, 0.2) is 11.6 Å². The van der Waals surface area contributed by atoms with Gasteiger partial charge in [0.2, 0.25) is 0 Å². The van der Waals surface area contributed by atoms with Crippen molar-refractivity contribution in [3.05, 3.63) is 21.8 Å². The van der Waals surface area contributed by atoms with Gasteiger partial charge in [-0.1, -0.05) is 0 Å². The van der Waals surface area contributed by atoms with E-state index in [4.69, 9.17) is 30.4 Å². The molecule has 1 aromatic rings. The zero-order valence-electron chi connectivity index (χ0n) is 18.2. The minimum atomic E-state index is -0.734. The first-order valence-electron chi connectivity index (χ1n) is 9.90. The summed E-state index contributed by atoms with van der Waals surface area (Å²) in [6.07, 6.45) is 0. The minimum absolute atomic E-state index is 0.238. The van der Waals surface area contributed by atoms with Crippen LogP contribution in [0.25, 0.3) is 0 Å². The summed E-state index contributed by atoms with van der Waals surface area (Å²) in [4.78, 5) is 27.9. The molecular weight excluding hydrogens is 759 g/mol. The number of ether oxygens (including phenoxy) is 4. The van der Waals surface area contributed by atoms with E-state index in [9.17, 15) is 9.59 Å². The number of hydrogen-bond acceptors (Lipinski definition) is 7. The number of amides is 2. The number of primary amides is 1. The molecule has 3 rings (SSSR count). The van der Waals surface area contributed by atoms with E-state index in [1.54, 1.807) is 4.90 Å². The first-order valence-corrected chi connectivity index (χ1v) is 13.1. The molecule has 178 valence electrons. The van der Waals surface area contributed by atoms with Crippen molar-refractivity contribution in [2.24, 2.45) is 5.73 Å². The molecule has 4 N–H and O–H groups in total. The maximum absolute atomic E-state index is 14.0. The predicted molar refractivity (Wildman–Crippen MR) is 143 cm³/mol. The van der Waals surface area contributed by atoms with Crippen LogP contribution in [-0.4, -0.2) is 66.8 Å². The van der Waals surface area contributed by atoms with Crippen molar-refractivity contribution in [1.29, 1.82) is 0 Å². The summed E-state index contributed by atoms with van der Waals surface area (Å²) in [6, 6.07) is -0.754. The molecule has 2 aliphatic rings. The zero-order valence-corrected chi connectivity index (χ0v) is 24.6. The molecule has 0 atom stereocenters. The molecule has 0 spiro atoms. The van der Waals surface area contributed by atoms with Crippen LogP contribution in [0.15, 0.2) is 0 Å². The molecule has 2 fully saturated rings. The second-order valence-electron chi connectivity index (χ2n) is 8.53. The Bertz CT molecular complexity index is 892. The van der Waals surface area contributed by atoms with Gasteiger partial charge in [-0.25, -0.2) is 0 Å². The molecular formula is C20H26I3N3O6. The van der Waals surface area contributed by atoms with Gasteiger partial charge in [0.05, 0.1) is 62.5 Å². The number of nitrogen functional groups attached to an aromatic ring is 1. The maximum atomic E-state index is 14.0. The summed E-state index contributed by atoms with van der Waals surface area (Å²) in [5, 5.41) is 0. The Balaban J connectivity index is 2.06. The highest BCUT2D eigenvalue weighted by molar-refractivity contribution is 14.1. The van der Waals surface area contributed by atoms with Gasteiger partial charge in [-0.05, 0) is 95.5 Å². The SMILES string of the molecule is CC1(C)OCC(N(C(=O)c2c(I)c(N)c(I)c(C(N)=O)c2I)C2COC(C)(C)OC2)CO1. The molecule has 2 saturated heterocycles. The van der Waals surface area contributed by atoms with Crippen molar-refractivity contribution in [3.63, 3.8) is 0 Å². The van der Waals surface area contributed by atoms with E-state index in [-0.39, 0.29) is 50.0 Å². The number of halogens is 3. The van der Waals surface area contributed by atoms with Crippen LogP contribution in [0.5, 0.6) is 0 Å². The second-order valence-corrected chi connectivity index (χ2v) is 11.8. The Hall–Kier alpha value is -0.0100. The quantitative estimate of drug-likeness (QED) is 0.356. The minimum Gasteiger partial charge on any atom is -0.397 e. The summed E-state index contributed by atoms with van der Waals surface area (Å²) in [5.41, 5.74) is 12.8. The van der Waals surface area contributed by atoms with Gasteiger partial charge >= 0.3 is 0 Å². The van der Waals surface area contributed by atoms with E-state index in [1.807, 2.05) is 95.5 Å². The molecule has 0 bridgehead atoms. The van der Waals surface area contributed by atoms with Gasteiger partial charge in [-0.3, -0.25) is 9.59 Å². The van der Waals surface area contributed by atoms with Crippen LogP contribution in [-0.2, 0) is 18.9 Å². The van der Waals surface area contributed by atoms with Crippen molar-refractivity contribution in [3.8, 4) is 0 Å². The van der Waals surface area contributed by atoms with Gasteiger partial charge < -0.3 is 35.3 Å². The van der Waals surface area contributed by atoms with Gasteiger partial charge in [-0.2, -0.15) is 0 Å². The molecule has 12 heteroatoms. The standard InChI is InChI=1S/C20H26I3N3O6/c1-19(2)29-5-9(6-30-19)26(10-7-31-20(3,4)32-8-10)18(28)12-13(21)11(17(25)27)14(22)16(24)15(12)23/h9-10H,5-8,24H2,1-4H3,(H2,25,27). The predicted octanol–water partition coefficient (Wildman–Crippen LogP) is 2.93. The summed E-state index contributed by atoms with van der Waals surface area (Å²) in [7, 11) is 0. The average Bonchev–Trinajstić information content (AvgIpc) is 2.68. The number of benzene rings is 1. The fraction of sp³-hybridized carbons (Fsp3) is 0.600. The molecule has 0 unspecified atom stereocenters. The lowest BCUT2D eigenvalue weighted by molar-refractivity contribution is -0.282. The zero-order chi connectivity index (χ0) is 24.0. The fourth-order valence-electron chi connectivity index (χ4n) is 3.53. The molecule has 1 aromatic carbocycles. The number of nitrogens with zero attached hydrogens (tertiary/aromatic N) is 1. The Labute approximate surface area is 228 Å². The highest BCUT2D eigenvalue weighted by Crippen LogP contribution is 2.36. The Kier molecular flexibility index (Phi) is 8.25. The van der Waals surface area contributed by atoms with Crippen LogP contribution in [0.1, 0.15) is 48.4 Å². The average molecular weight is 785 g/mol. The van der Waals surface area contributed by atoms with Crippen LogP contribution in [0.3, 0.4) is 0 Å². The van der Waals surface area contributed by atoms with Crippen LogP contribution in [0, 0.1) is 10.7 Å². The summed E-state index contributed by atoms with van der Waals surface area (Å²) >= 11 is 6.01. The van der Waals surface area contributed by atoms with Gasteiger partial charge in [-0.15, -0.1) is 0 Å². The van der Waals surface area contributed by atoms with Gasteiger partial charge in [0.1, 0.15) is 0 Å². The fourth-order valence-corrected chi connectivity index (χ4v) is 7.69. The number of carbonyl (C=O) groups excluding carboxylic acids is 2. The lowest BCUT2D eigenvalue weighted by Gasteiger charge is -2.46. The molecule has 0 aliphatic carbocycles. The molecule has 0 radical (unpaired) electrons. The number of anilines is 1. The summed E-state index contributed by atoms with van der Waals surface area (Å²) < 4.78 is 24.9. The molecule has 2 heterocycles. The van der Waals surface area contributed by atoms with Gasteiger partial charge in [0.25, 0.3) is 11.8 Å². The van der Waals surface area contributed by atoms with Crippen molar-refractivity contribution >= 4 is 85.3 Å².